The van der Waals surface area contributed by atoms with Crippen molar-refractivity contribution in [3.63, 3.8) is 0 Å². The van der Waals surface area contributed by atoms with E-state index in [1.165, 1.54) is 25.1 Å². The van der Waals surface area contributed by atoms with Crippen LogP contribution in [0.2, 0.25) is 0 Å². The quantitative estimate of drug-likeness (QED) is 0.218. The van der Waals surface area contributed by atoms with Gasteiger partial charge < -0.3 is 14.2 Å². The fraction of sp³-hybridized carbons (Fsp3) is 0.120. The van der Waals surface area contributed by atoms with E-state index in [0.29, 0.717) is 42.7 Å². The molecule has 4 aromatic rings. The average molecular weight is 601 g/mol. The standard InChI is InChI=1S/C25H19Br2N3O5/c1-33-19-12-16(21(26)22(27)23(19)35-14-20(31)34-2)13-28-30-24(15-8-4-3-5-9-15)29-18-11-7-6-10-17(18)25(30)32/h3-13H,14H2,1-2H3. The number of aromatic nitrogens is 2. The first-order chi connectivity index (χ1) is 16.9. The summed E-state index contributed by atoms with van der Waals surface area (Å²) in [6, 6.07) is 18.2. The lowest BCUT2D eigenvalue weighted by atomic mass is 10.2. The van der Waals surface area contributed by atoms with Gasteiger partial charge in [-0.3, -0.25) is 4.79 Å². The maximum atomic E-state index is 13.4. The first kappa shape index (κ1) is 24.6. The van der Waals surface area contributed by atoms with Gasteiger partial charge in [-0.1, -0.05) is 42.5 Å². The van der Waals surface area contributed by atoms with Gasteiger partial charge in [-0.05, 0) is 50.1 Å². The van der Waals surface area contributed by atoms with E-state index < -0.39 is 5.97 Å². The van der Waals surface area contributed by atoms with Gasteiger partial charge in [0.1, 0.15) is 0 Å². The van der Waals surface area contributed by atoms with Crippen LogP contribution in [-0.2, 0) is 9.53 Å². The number of nitrogens with zero attached hydrogens (tertiary/aromatic N) is 3. The minimum atomic E-state index is -0.530. The molecule has 0 saturated carbocycles. The SMILES string of the molecule is COC(=O)COc1c(OC)cc(C=Nn2c(-c3ccccc3)nc3ccccc3c2=O)c(Br)c1Br. The normalized spacial score (nSPS) is 11.1. The summed E-state index contributed by atoms with van der Waals surface area (Å²) >= 11 is 6.99. The van der Waals surface area contributed by atoms with E-state index in [2.05, 4.69) is 41.7 Å². The summed E-state index contributed by atoms with van der Waals surface area (Å²) < 4.78 is 18.0. The smallest absolute Gasteiger partial charge is 0.343 e. The van der Waals surface area contributed by atoms with Crippen LogP contribution >= 0.6 is 31.9 Å². The Morgan fingerprint density at radius 2 is 1.77 bits per heavy atom. The van der Waals surface area contributed by atoms with E-state index >= 15 is 0 Å². The second kappa shape index (κ2) is 10.8. The minimum absolute atomic E-state index is 0.288. The first-order valence-corrected chi connectivity index (χ1v) is 11.9. The van der Waals surface area contributed by atoms with Crippen LogP contribution in [0.1, 0.15) is 5.56 Å². The summed E-state index contributed by atoms with van der Waals surface area (Å²) in [7, 11) is 2.76. The van der Waals surface area contributed by atoms with Gasteiger partial charge in [-0.2, -0.15) is 9.78 Å². The van der Waals surface area contributed by atoms with Crippen LogP contribution in [0, 0.1) is 0 Å². The molecule has 0 N–H and O–H groups in total. The van der Waals surface area contributed by atoms with Crippen molar-refractivity contribution in [2.24, 2.45) is 5.10 Å². The number of esters is 1. The molecule has 0 aliphatic heterocycles. The second-order valence-corrected chi connectivity index (χ2v) is 8.76. The van der Waals surface area contributed by atoms with E-state index in [4.69, 9.17) is 14.5 Å². The molecule has 8 nitrogen and oxygen atoms in total. The fourth-order valence-electron chi connectivity index (χ4n) is 3.30. The lowest BCUT2D eigenvalue weighted by molar-refractivity contribution is -0.142. The topological polar surface area (TPSA) is 92.0 Å². The van der Waals surface area contributed by atoms with Gasteiger partial charge in [-0.25, -0.2) is 9.78 Å². The van der Waals surface area contributed by atoms with Gasteiger partial charge >= 0.3 is 5.97 Å². The zero-order valence-corrected chi connectivity index (χ0v) is 21.9. The van der Waals surface area contributed by atoms with Gasteiger partial charge in [0.05, 0.1) is 35.8 Å². The van der Waals surface area contributed by atoms with Crippen LogP contribution in [0.3, 0.4) is 0 Å². The largest absolute Gasteiger partial charge is 0.493 e. The van der Waals surface area contributed by atoms with Crippen molar-refractivity contribution in [1.29, 1.82) is 0 Å². The van der Waals surface area contributed by atoms with Crippen LogP contribution in [0.4, 0.5) is 0 Å². The van der Waals surface area contributed by atoms with Crippen LogP contribution in [-0.4, -0.2) is 42.7 Å². The number of hydrogen-bond acceptors (Lipinski definition) is 7. The number of benzene rings is 3. The predicted octanol–water partition coefficient (Wildman–Crippen LogP) is 5.03. The molecule has 0 bridgehead atoms. The molecule has 0 amide bonds. The third kappa shape index (κ3) is 5.13. The fourth-order valence-corrected chi connectivity index (χ4v) is 4.24. The van der Waals surface area contributed by atoms with Gasteiger partial charge in [0.25, 0.3) is 5.56 Å². The van der Waals surface area contributed by atoms with Crippen LogP contribution < -0.4 is 15.0 Å². The number of rotatable bonds is 7. The van der Waals surface area contributed by atoms with Crippen molar-refractivity contribution in [3.8, 4) is 22.9 Å². The highest BCUT2D eigenvalue weighted by atomic mass is 79.9. The van der Waals surface area contributed by atoms with Crippen molar-refractivity contribution in [2.45, 2.75) is 0 Å². The van der Waals surface area contributed by atoms with Gasteiger partial charge in [0.15, 0.2) is 23.9 Å². The maximum absolute atomic E-state index is 13.4. The zero-order valence-electron chi connectivity index (χ0n) is 18.7. The first-order valence-electron chi connectivity index (χ1n) is 10.3. The number of methoxy groups -OCH3 is 2. The van der Waals surface area contributed by atoms with Crippen molar-refractivity contribution in [3.05, 3.63) is 85.5 Å². The highest BCUT2D eigenvalue weighted by Crippen LogP contribution is 2.42. The lowest BCUT2D eigenvalue weighted by Crippen LogP contribution is -2.20. The molecular formula is C25H19Br2N3O5. The number of carbonyl (C=O) groups excluding carboxylic acids is 1. The Morgan fingerprint density at radius 1 is 1.06 bits per heavy atom. The van der Waals surface area contributed by atoms with Crippen LogP contribution in [0.5, 0.6) is 11.5 Å². The van der Waals surface area contributed by atoms with Crippen molar-refractivity contribution in [2.75, 3.05) is 20.8 Å². The Morgan fingerprint density at radius 3 is 2.49 bits per heavy atom. The summed E-state index contributed by atoms with van der Waals surface area (Å²) in [6.45, 7) is -0.288. The molecule has 1 heterocycles. The average Bonchev–Trinajstić information content (AvgIpc) is 2.89. The molecular weight excluding hydrogens is 582 g/mol. The Kier molecular flexibility index (Phi) is 7.62. The van der Waals surface area contributed by atoms with E-state index in [9.17, 15) is 9.59 Å². The van der Waals surface area contributed by atoms with E-state index in [1.807, 2.05) is 36.4 Å². The Bertz CT molecular complexity index is 1490. The molecule has 10 heteroatoms. The van der Waals surface area contributed by atoms with Crippen molar-refractivity contribution in [1.82, 2.24) is 9.66 Å². The summed E-state index contributed by atoms with van der Waals surface area (Å²) in [5, 5.41) is 4.94. The molecule has 0 atom stereocenters. The number of para-hydroxylation sites is 1. The molecule has 35 heavy (non-hydrogen) atoms. The molecule has 178 valence electrons. The number of hydrogen-bond donors (Lipinski definition) is 0. The molecule has 4 rings (SSSR count). The number of fused-ring (bicyclic) bond motifs is 1. The molecule has 3 aromatic carbocycles. The summed E-state index contributed by atoms with van der Waals surface area (Å²) in [6.07, 6.45) is 1.52. The monoisotopic (exact) mass is 599 g/mol. The van der Waals surface area contributed by atoms with E-state index in [1.54, 1.807) is 24.3 Å². The van der Waals surface area contributed by atoms with Gasteiger partial charge in [0, 0.05) is 15.6 Å². The van der Waals surface area contributed by atoms with Crippen molar-refractivity contribution >= 4 is 54.9 Å². The van der Waals surface area contributed by atoms with Crippen LogP contribution in [0.25, 0.3) is 22.3 Å². The number of carbonyl (C=O) groups is 1. The third-order valence-corrected chi connectivity index (χ3v) is 7.18. The molecule has 1 aromatic heterocycles. The van der Waals surface area contributed by atoms with Crippen molar-refractivity contribution < 1.29 is 19.0 Å². The summed E-state index contributed by atoms with van der Waals surface area (Å²) in [5.74, 6) is 0.553. The van der Waals surface area contributed by atoms with E-state index in [-0.39, 0.29) is 12.2 Å². The molecule has 0 aliphatic carbocycles. The molecule has 0 fully saturated rings. The number of halogens is 2. The zero-order chi connectivity index (χ0) is 24.9. The molecule has 0 spiro atoms. The van der Waals surface area contributed by atoms with Gasteiger partial charge in [0.2, 0.25) is 0 Å². The second-order valence-electron chi connectivity index (χ2n) is 7.17. The molecule has 0 aliphatic rings. The molecule has 0 unspecified atom stereocenters. The highest BCUT2D eigenvalue weighted by Gasteiger charge is 2.18. The lowest BCUT2D eigenvalue weighted by Gasteiger charge is -2.15. The van der Waals surface area contributed by atoms with E-state index in [0.717, 1.165) is 5.56 Å². The highest BCUT2D eigenvalue weighted by molar-refractivity contribution is 9.13. The Hall–Kier alpha value is -3.50. The molecule has 0 radical (unpaired) electrons. The molecule has 0 saturated heterocycles. The summed E-state index contributed by atoms with van der Waals surface area (Å²) in [5.41, 5.74) is 1.63. The Labute approximate surface area is 217 Å². The minimum Gasteiger partial charge on any atom is -0.493 e. The van der Waals surface area contributed by atoms with Crippen LogP contribution in [0.15, 0.2) is 79.5 Å². The third-order valence-electron chi connectivity index (χ3n) is 5.04. The maximum Gasteiger partial charge on any atom is 0.343 e. The van der Waals surface area contributed by atoms with Gasteiger partial charge in [-0.15, -0.1) is 0 Å². The predicted molar refractivity (Wildman–Crippen MR) is 140 cm³/mol. The summed E-state index contributed by atoms with van der Waals surface area (Å²) in [4.78, 5) is 29.6. The Balaban J connectivity index is 1.83. The number of ether oxygens (including phenoxy) is 3.